The minimum atomic E-state index is -0.409. The highest BCUT2D eigenvalue weighted by atomic mass is 35.5. The highest BCUT2D eigenvalue weighted by Gasteiger charge is 2.13. The highest BCUT2D eigenvalue weighted by Crippen LogP contribution is 2.20. The number of aryl methyl sites for hydroxylation is 1. The van der Waals surface area contributed by atoms with Crippen molar-refractivity contribution in [2.24, 2.45) is 5.10 Å². The van der Waals surface area contributed by atoms with Gasteiger partial charge in [0.05, 0.1) is 29.7 Å². The number of carbonyl (C=O) groups excluding carboxylic acids is 1. The number of rotatable bonds is 6. The third kappa shape index (κ3) is 4.84. The minimum absolute atomic E-state index is 0.303. The van der Waals surface area contributed by atoms with Crippen LogP contribution in [0.25, 0.3) is 11.3 Å². The average Bonchev–Trinajstić information content (AvgIpc) is 3.37. The van der Waals surface area contributed by atoms with Crippen LogP contribution in [-0.2, 0) is 6.54 Å². The zero-order chi connectivity index (χ0) is 21.8. The second kappa shape index (κ2) is 9.16. The third-order valence-electron chi connectivity index (χ3n) is 4.61. The van der Waals surface area contributed by atoms with Crippen LogP contribution in [0.5, 0.6) is 0 Å². The van der Waals surface area contributed by atoms with Crippen LogP contribution in [-0.4, -0.2) is 32.1 Å². The van der Waals surface area contributed by atoms with E-state index >= 15 is 0 Å². The molecule has 0 aliphatic heterocycles. The van der Waals surface area contributed by atoms with E-state index in [0.29, 0.717) is 39.4 Å². The molecule has 0 aliphatic rings. The Morgan fingerprint density at radius 3 is 2.65 bits per heavy atom. The summed E-state index contributed by atoms with van der Waals surface area (Å²) >= 11 is 12.4. The number of halogens is 2. The second-order valence-corrected chi connectivity index (χ2v) is 7.60. The van der Waals surface area contributed by atoms with E-state index in [2.05, 4.69) is 25.8 Å². The van der Waals surface area contributed by atoms with Crippen LogP contribution in [0.15, 0.2) is 65.8 Å². The molecular weight excluding hydrogens is 435 g/mol. The maximum Gasteiger partial charge on any atom is 0.289 e. The van der Waals surface area contributed by atoms with Gasteiger partial charge in [-0.2, -0.15) is 15.3 Å². The summed E-state index contributed by atoms with van der Waals surface area (Å²) in [6.07, 6.45) is 1.48. The molecule has 0 spiro atoms. The molecule has 0 bridgehead atoms. The molecule has 0 atom stereocenters. The number of carbonyl (C=O) groups is 1. The molecule has 2 N–H and O–H groups in total. The van der Waals surface area contributed by atoms with Gasteiger partial charge in [-0.05, 0) is 30.7 Å². The normalized spacial score (nSPS) is 11.2. The van der Waals surface area contributed by atoms with Crippen molar-refractivity contribution in [2.75, 3.05) is 0 Å². The fourth-order valence-corrected chi connectivity index (χ4v) is 3.40. The van der Waals surface area contributed by atoms with Crippen LogP contribution in [0, 0.1) is 6.92 Å². The van der Waals surface area contributed by atoms with Gasteiger partial charge in [0.1, 0.15) is 10.8 Å². The summed E-state index contributed by atoms with van der Waals surface area (Å²) in [7, 11) is 0. The van der Waals surface area contributed by atoms with E-state index in [1.165, 1.54) is 6.21 Å². The predicted molar refractivity (Wildman–Crippen MR) is 122 cm³/mol. The van der Waals surface area contributed by atoms with E-state index in [9.17, 15) is 4.79 Å². The van der Waals surface area contributed by atoms with Gasteiger partial charge in [0.2, 0.25) is 0 Å². The van der Waals surface area contributed by atoms with Gasteiger partial charge in [0, 0.05) is 10.6 Å². The molecule has 0 radical (unpaired) electrons. The smallest absolute Gasteiger partial charge is 0.272 e. The van der Waals surface area contributed by atoms with Crippen LogP contribution in [0.4, 0.5) is 0 Å². The quantitative estimate of drug-likeness (QED) is 0.328. The first-order chi connectivity index (χ1) is 15.0. The Balaban J connectivity index is 1.43. The molecule has 7 nitrogen and oxygen atoms in total. The van der Waals surface area contributed by atoms with Gasteiger partial charge >= 0.3 is 0 Å². The number of amides is 1. The molecule has 31 heavy (non-hydrogen) atoms. The van der Waals surface area contributed by atoms with E-state index in [4.69, 9.17) is 23.2 Å². The van der Waals surface area contributed by atoms with Gasteiger partial charge < -0.3 is 0 Å². The maximum absolute atomic E-state index is 12.4. The number of nitrogens with one attached hydrogen (secondary N) is 2. The van der Waals surface area contributed by atoms with E-state index in [-0.39, 0.29) is 0 Å². The summed E-state index contributed by atoms with van der Waals surface area (Å²) in [6, 6.07) is 18.7. The second-order valence-electron chi connectivity index (χ2n) is 6.81. The molecule has 0 unspecified atom stereocenters. The first-order valence-electron chi connectivity index (χ1n) is 9.43. The summed E-state index contributed by atoms with van der Waals surface area (Å²) < 4.78 is 1.67. The first kappa shape index (κ1) is 20.8. The number of hydrogen-bond donors (Lipinski definition) is 2. The summed E-state index contributed by atoms with van der Waals surface area (Å²) in [5.74, 6) is -0.409. The summed E-state index contributed by atoms with van der Waals surface area (Å²) in [4.78, 5) is 12.4. The standard InChI is InChI=1S/C22H18Cl2N6O/c1-14-18(21(24)30(29-14)13-15-7-9-17(23)10-8-15)12-25-28-22(31)20-11-19(26-27-20)16-5-3-2-4-6-16/h2-12H,13H2,1H3,(H,26,27)(H,28,31). The Bertz CT molecular complexity index is 1230. The zero-order valence-corrected chi connectivity index (χ0v) is 18.0. The topological polar surface area (TPSA) is 88.0 Å². The number of benzene rings is 2. The molecule has 0 aliphatic carbocycles. The van der Waals surface area contributed by atoms with Gasteiger partial charge in [-0.1, -0.05) is 65.7 Å². The van der Waals surface area contributed by atoms with Crippen molar-refractivity contribution in [3.63, 3.8) is 0 Å². The van der Waals surface area contributed by atoms with E-state index in [1.807, 2.05) is 61.5 Å². The highest BCUT2D eigenvalue weighted by molar-refractivity contribution is 6.32. The average molecular weight is 453 g/mol. The molecule has 4 rings (SSSR count). The number of H-pyrrole nitrogens is 1. The SMILES string of the molecule is Cc1nn(Cc2ccc(Cl)cc2)c(Cl)c1C=NNC(=O)c1cc(-c2ccccc2)n[nH]1. The van der Waals surface area contributed by atoms with Crippen molar-refractivity contribution in [1.29, 1.82) is 0 Å². The summed E-state index contributed by atoms with van der Waals surface area (Å²) in [6.45, 7) is 2.32. The van der Waals surface area contributed by atoms with Crippen LogP contribution in [0.3, 0.4) is 0 Å². The monoisotopic (exact) mass is 452 g/mol. The molecule has 2 aromatic heterocycles. The fraction of sp³-hybridized carbons (Fsp3) is 0.0909. The lowest BCUT2D eigenvalue weighted by molar-refractivity contribution is 0.0950. The van der Waals surface area contributed by atoms with Crippen molar-refractivity contribution in [1.82, 2.24) is 25.4 Å². The zero-order valence-electron chi connectivity index (χ0n) is 16.5. The first-order valence-corrected chi connectivity index (χ1v) is 10.2. The molecule has 4 aromatic rings. The van der Waals surface area contributed by atoms with Gasteiger partial charge in [0.25, 0.3) is 5.91 Å². The molecule has 2 aromatic carbocycles. The van der Waals surface area contributed by atoms with E-state index < -0.39 is 5.91 Å². The molecule has 2 heterocycles. The Labute approximate surface area is 188 Å². The lowest BCUT2D eigenvalue weighted by Crippen LogP contribution is -2.18. The molecule has 0 saturated heterocycles. The van der Waals surface area contributed by atoms with Crippen molar-refractivity contribution in [2.45, 2.75) is 13.5 Å². The Morgan fingerprint density at radius 2 is 1.90 bits per heavy atom. The van der Waals surface area contributed by atoms with Gasteiger partial charge in [-0.3, -0.25) is 9.89 Å². The summed E-state index contributed by atoms with van der Waals surface area (Å²) in [5.41, 5.74) is 6.72. The molecule has 9 heteroatoms. The van der Waals surface area contributed by atoms with Crippen molar-refractivity contribution in [3.05, 3.63) is 93.4 Å². The lowest BCUT2D eigenvalue weighted by atomic mass is 10.1. The molecule has 0 fully saturated rings. The third-order valence-corrected chi connectivity index (χ3v) is 5.26. The number of hydrazone groups is 1. The number of nitrogens with zero attached hydrogens (tertiary/aromatic N) is 4. The summed E-state index contributed by atoms with van der Waals surface area (Å²) in [5, 5.41) is 16.5. The van der Waals surface area contributed by atoms with Gasteiger partial charge in [-0.25, -0.2) is 10.1 Å². The van der Waals surface area contributed by atoms with Crippen molar-refractivity contribution < 1.29 is 4.79 Å². The van der Waals surface area contributed by atoms with E-state index in [0.717, 1.165) is 11.1 Å². The van der Waals surface area contributed by atoms with Crippen LogP contribution < -0.4 is 5.43 Å². The largest absolute Gasteiger partial charge is 0.289 e. The van der Waals surface area contributed by atoms with Crippen LogP contribution in [0.1, 0.15) is 27.3 Å². The number of aromatic nitrogens is 4. The van der Waals surface area contributed by atoms with E-state index in [1.54, 1.807) is 10.7 Å². The Morgan fingerprint density at radius 1 is 1.16 bits per heavy atom. The molecule has 156 valence electrons. The molecular formula is C22H18Cl2N6O. The Kier molecular flexibility index (Phi) is 6.16. The van der Waals surface area contributed by atoms with Crippen molar-refractivity contribution in [3.8, 4) is 11.3 Å². The van der Waals surface area contributed by atoms with Gasteiger partial charge in [0.15, 0.2) is 0 Å². The number of aromatic amines is 1. The van der Waals surface area contributed by atoms with Crippen molar-refractivity contribution >= 4 is 35.3 Å². The molecule has 0 saturated carbocycles. The number of hydrogen-bond acceptors (Lipinski definition) is 4. The fourth-order valence-electron chi connectivity index (χ4n) is 2.99. The Hall–Kier alpha value is -3.42. The van der Waals surface area contributed by atoms with Gasteiger partial charge in [-0.15, -0.1) is 0 Å². The van der Waals surface area contributed by atoms with Crippen LogP contribution in [0.2, 0.25) is 10.2 Å². The molecule has 1 amide bonds. The van der Waals surface area contributed by atoms with Crippen LogP contribution >= 0.6 is 23.2 Å². The predicted octanol–water partition coefficient (Wildman–Crippen LogP) is 4.70. The minimum Gasteiger partial charge on any atom is -0.272 e. The lowest BCUT2D eigenvalue weighted by Gasteiger charge is -2.03. The maximum atomic E-state index is 12.4.